The van der Waals surface area contributed by atoms with Gasteiger partial charge in [-0.3, -0.25) is 0 Å². The van der Waals surface area contributed by atoms with Crippen LogP contribution in [0.5, 0.6) is 5.88 Å². The van der Waals surface area contributed by atoms with Gasteiger partial charge in [0.15, 0.2) is 0 Å². The van der Waals surface area contributed by atoms with E-state index in [0.717, 1.165) is 24.5 Å². The molecule has 1 aromatic heterocycles. The van der Waals surface area contributed by atoms with Gasteiger partial charge in [-0.05, 0) is 6.92 Å². The van der Waals surface area contributed by atoms with Crippen molar-refractivity contribution in [2.75, 3.05) is 25.1 Å². The third-order valence-electron chi connectivity index (χ3n) is 2.41. The fourth-order valence-corrected chi connectivity index (χ4v) is 1.64. The lowest BCUT2D eigenvalue weighted by atomic mass is 10.1. The summed E-state index contributed by atoms with van der Waals surface area (Å²) < 4.78 is 5.12. The van der Waals surface area contributed by atoms with Gasteiger partial charge < -0.3 is 15.4 Å². The van der Waals surface area contributed by atoms with E-state index in [2.05, 4.69) is 14.9 Å². The number of anilines is 1. The highest BCUT2D eigenvalue weighted by atomic mass is 16.5. The molecule has 0 aromatic carbocycles. The van der Waals surface area contributed by atoms with Gasteiger partial charge in [-0.2, -0.15) is 0 Å². The molecule has 0 atom stereocenters. The van der Waals surface area contributed by atoms with Crippen LogP contribution < -0.4 is 15.4 Å². The lowest BCUT2D eigenvalue weighted by Gasteiger charge is -2.38. The summed E-state index contributed by atoms with van der Waals surface area (Å²) in [5.41, 5.74) is 6.68. The first-order chi connectivity index (χ1) is 6.72. The number of hydrogen-bond acceptors (Lipinski definition) is 5. The van der Waals surface area contributed by atoms with E-state index in [0.29, 0.717) is 5.88 Å². The molecule has 1 aromatic rings. The van der Waals surface area contributed by atoms with Crippen molar-refractivity contribution in [3.8, 4) is 5.88 Å². The van der Waals surface area contributed by atoms with Crippen LogP contribution >= 0.6 is 0 Å². The highest BCUT2D eigenvalue weighted by molar-refractivity contribution is 5.52. The molecule has 1 aliphatic rings. The van der Waals surface area contributed by atoms with Crippen LogP contribution in [0.4, 0.5) is 5.82 Å². The first kappa shape index (κ1) is 9.21. The normalized spacial score (nSPS) is 16.6. The molecule has 14 heavy (non-hydrogen) atoms. The summed E-state index contributed by atoms with van der Waals surface area (Å²) >= 11 is 0. The summed E-state index contributed by atoms with van der Waals surface area (Å²) in [5, 5.41) is 0. The molecule has 1 saturated heterocycles. The third-order valence-corrected chi connectivity index (χ3v) is 2.41. The zero-order chi connectivity index (χ0) is 10.1. The second-order valence-corrected chi connectivity index (χ2v) is 3.50. The highest BCUT2D eigenvalue weighted by Crippen LogP contribution is 2.26. The monoisotopic (exact) mass is 194 g/mol. The molecule has 0 unspecified atom stereocenters. The van der Waals surface area contributed by atoms with Crippen molar-refractivity contribution in [2.45, 2.75) is 13.0 Å². The third kappa shape index (κ3) is 1.39. The summed E-state index contributed by atoms with van der Waals surface area (Å²) in [6.07, 6.45) is 1.52. The molecular weight excluding hydrogens is 180 g/mol. The fraction of sp³-hybridized carbons (Fsp3) is 0.556. The molecule has 76 valence electrons. The van der Waals surface area contributed by atoms with Crippen molar-refractivity contribution < 1.29 is 4.74 Å². The number of nitrogens with zero attached hydrogens (tertiary/aromatic N) is 3. The van der Waals surface area contributed by atoms with Crippen LogP contribution in [-0.2, 0) is 0 Å². The van der Waals surface area contributed by atoms with Gasteiger partial charge in [0, 0.05) is 19.1 Å². The van der Waals surface area contributed by atoms with Crippen LogP contribution in [0, 0.1) is 6.92 Å². The Morgan fingerprint density at radius 1 is 1.50 bits per heavy atom. The minimum atomic E-state index is 0.273. The zero-order valence-corrected chi connectivity index (χ0v) is 8.40. The fourth-order valence-electron chi connectivity index (χ4n) is 1.64. The van der Waals surface area contributed by atoms with Crippen LogP contribution in [-0.4, -0.2) is 36.2 Å². The van der Waals surface area contributed by atoms with E-state index >= 15 is 0 Å². The Morgan fingerprint density at radius 3 is 2.79 bits per heavy atom. The lowest BCUT2D eigenvalue weighted by molar-refractivity contribution is 0.392. The van der Waals surface area contributed by atoms with E-state index < -0.39 is 0 Å². The maximum Gasteiger partial charge on any atom is 0.221 e. The van der Waals surface area contributed by atoms with Crippen LogP contribution in [0.2, 0.25) is 0 Å². The quantitative estimate of drug-likeness (QED) is 0.714. The van der Waals surface area contributed by atoms with E-state index in [9.17, 15) is 0 Å². The zero-order valence-electron chi connectivity index (χ0n) is 8.40. The molecule has 5 nitrogen and oxygen atoms in total. The predicted molar refractivity (Wildman–Crippen MR) is 53.5 cm³/mol. The maximum atomic E-state index is 5.71. The maximum absolute atomic E-state index is 5.71. The summed E-state index contributed by atoms with van der Waals surface area (Å²) in [6, 6.07) is 0.273. The van der Waals surface area contributed by atoms with Gasteiger partial charge in [-0.25, -0.2) is 9.97 Å². The van der Waals surface area contributed by atoms with Crippen molar-refractivity contribution in [1.82, 2.24) is 9.97 Å². The standard InChI is InChI=1S/C9H14N4O/c1-6-8(13-3-7(10)4-13)11-5-12-9(6)14-2/h5,7H,3-4,10H2,1-2H3. The van der Waals surface area contributed by atoms with Crippen molar-refractivity contribution in [1.29, 1.82) is 0 Å². The minimum absolute atomic E-state index is 0.273. The Bertz CT molecular complexity index is 336. The van der Waals surface area contributed by atoms with Crippen molar-refractivity contribution in [3.63, 3.8) is 0 Å². The van der Waals surface area contributed by atoms with Crippen molar-refractivity contribution in [3.05, 3.63) is 11.9 Å². The second kappa shape index (κ2) is 3.42. The van der Waals surface area contributed by atoms with Crippen LogP contribution in [0.25, 0.3) is 0 Å². The molecule has 0 aliphatic carbocycles. The SMILES string of the molecule is COc1ncnc(N2CC(N)C2)c1C. The van der Waals surface area contributed by atoms with E-state index in [-0.39, 0.29) is 6.04 Å². The molecule has 1 aliphatic heterocycles. The van der Waals surface area contributed by atoms with Crippen LogP contribution in [0.1, 0.15) is 5.56 Å². The number of hydrogen-bond donors (Lipinski definition) is 1. The predicted octanol–water partition coefficient (Wildman–Crippen LogP) is -0.0591. The Hall–Kier alpha value is -1.36. The van der Waals surface area contributed by atoms with E-state index in [1.807, 2.05) is 6.92 Å². The summed E-state index contributed by atoms with van der Waals surface area (Å²) in [5.74, 6) is 1.56. The molecule has 0 amide bonds. The smallest absolute Gasteiger partial charge is 0.221 e. The molecule has 2 rings (SSSR count). The molecule has 2 N–H and O–H groups in total. The minimum Gasteiger partial charge on any atom is -0.481 e. The number of methoxy groups -OCH3 is 1. The van der Waals surface area contributed by atoms with Crippen molar-refractivity contribution >= 4 is 5.82 Å². The second-order valence-electron chi connectivity index (χ2n) is 3.50. The number of nitrogens with two attached hydrogens (primary N) is 1. The number of rotatable bonds is 2. The van der Waals surface area contributed by atoms with E-state index in [1.54, 1.807) is 7.11 Å². The Labute approximate surface area is 82.9 Å². The van der Waals surface area contributed by atoms with Gasteiger partial charge in [0.2, 0.25) is 5.88 Å². The largest absolute Gasteiger partial charge is 0.481 e. The number of ether oxygens (including phenoxy) is 1. The van der Waals surface area contributed by atoms with Gasteiger partial charge in [0.1, 0.15) is 12.1 Å². The Morgan fingerprint density at radius 2 is 2.21 bits per heavy atom. The molecule has 5 heteroatoms. The molecular formula is C9H14N4O. The summed E-state index contributed by atoms with van der Waals surface area (Å²) in [6.45, 7) is 3.68. The molecule has 0 radical (unpaired) electrons. The highest BCUT2D eigenvalue weighted by Gasteiger charge is 2.26. The molecule has 0 spiro atoms. The molecule has 1 fully saturated rings. The van der Waals surface area contributed by atoms with Crippen LogP contribution in [0.3, 0.4) is 0 Å². The number of aromatic nitrogens is 2. The summed E-state index contributed by atoms with van der Waals surface area (Å²) in [7, 11) is 1.61. The lowest BCUT2D eigenvalue weighted by Crippen LogP contribution is -2.56. The van der Waals surface area contributed by atoms with E-state index in [4.69, 9.17) is 10.5 Å². The average Bonchev–Trinajstić information content (AvgIpc) is 2.14. The van der Waals surface area contributed by atoms with Crippen LogP contribution in [0.15, 0.2) is 6.33 Å². The van der Waals surface area contributed by atoms with Gasteiger partial charge in [-0.1, -0.05) is 0 Å². The molecule has 0 saturated carbocycles. The Balaban J connectivity index is 2.25. The molecule has 2 heterocycles. The topological polar surface area (TPSA) is 64.3 Å². The van der Waals surface area contributed by atoms with Gasteiger partial charge >= 0.3 is 0 Å². The first-order valence-electron chi connectivity index (χ1n) is 4.58. The van der Waals surface area contributed by atoms with Gasteiger partial charge in [-0.15, -0.1) is 0 Å². The Kier molecular flexibility index (Phi) is 2.25. The first-order valence-corrected chi connectivity index (χ1v) is 4.58. The summed E-state index contributed by atoms with van der Waals surface area (Å²) in [4.78, 5) is 10.4. The average molecular weight is 194 g/mol. The van der Waals surface area contributed by atoms with Crippen molar-refractivity contribution in [2.24, 2.45) is 5.73 Å². The van der Waals surface area contributed by atoms with E-state index in [1.165, 1.54) is 6.33 Å². The molecule has 0 bridgehead atoms. The van der Waals surface area contributed by atoms with Gasteiger partial charge in [0.05, 0.1) is 12.7 Å². The van der Waals surface area contributed by atoms with Gasteiger partial charge in [0.25, 0.3) is 0 Å².